The molecule has 1 fully saturated rings. The van der Waals surface area contributed by atoms with Gasteiger partial charge in [-0.15, -0.1) is 0 Å². The number of nitrogens with zero attached hydrogens (tertiary/aromatic N) is 1. The standard InChI is InChI=1S/C3H8N2.C2H6/c1-5-2-4-3-5;1-2/h4H,2-3H2,1H3;1-2H3. The Balaban J connectivity index is 0.000000162. The molecule has 1 rings (SSSR count). The van der Waals surface area contributed by atoms with E-state index in [1.165, 1.54) is 0 Å². The van der Waals surface area contributed by atoms with Crippen LogP contribution in [0.15, 0.2) is 0 Å². The fraction of sp³-hybridized carbons (Fsp3) is 1.00. The van der Waals surface area contributed by atoms with Gasteiger partial charge < -0.3 is 0 Å². The predicted octanol–water partition coefficient (Wildman–Crippen LogP) is 0.463. The second-order valence-electron chi connectivity index (χ2n) is 1.42. The maximum atomic E-state index is 3.09. The van der Waals surface area contributed by atoms with Crippen LogP contribution < -0.4 is 5.32 Å². The summed E-state index contributed by atoms with van der Waals surface area (Å²) < 4.78 is 0. The van der Waals surface area contributed by atoms with Crippen molar-refractivity contribution in [2.45, 2.75) is 13.8 Å². The highest BCUT2D eigenvalue weighted by Gasteiger charge is 2.02. The summed E-state index contributed by atoms with van der Waals surface area (Å²) in [6.07, 6.45) is 0. The molecule has 44 valence electrons. The summed E-state index contributed by atoms with van der Waals surface area (Å²) in [6, 6.07) is 0. The average molecular weight is 102 g/mol. The highest BCUT2D eigenvalue weighted by atomic mass is 15.4. The van der Waals surface area contributed by atoms with Crippen LogP contribution in [0.4, 0.5) is 0 Å². The van der Waals surface area contributed by atoms with Crippen molar-refractivity contribution < 1.29 is 0 Å². The second-order valence-corrected chi connectivity index (χ2v) is 1.42. The molecule has 0 aromatic heterocycles. The summed E-state index contributed by atoms with van der Waals surface area (Å²) in [5.41, 5.74) is 0. The van der Waals surface area contributed by atoms with Crippen LogP contribution in [0, 0.1) is 0 Å². The zero-order valence-electron chi connectivity index (χ0n) is 5.36. The first-order valence-corrected chi connectivity index (χ1v) is 2.79. The van der Waals surface area contributed by atoms with E-state index in [2.05, 4.69) is 17.3 Å². The summed E-state index contributed by atoms with van der Waals surface area (Å²) in [5.74, 6) is 0. The van der Waals surface area contributed by atoms with Gasteiger partial charge in [0.25, 0.3) is 0 Å². The van der Waals surface area contributed by atoms with Crippen molar-refractivity contribution in [3.8, 4) is 0 Å². The molecule has 0 aromatic rings. The molecule has 0 bridgehead atoms. The Kier molecular flexibility index (Phi) is 4.04. The lowest BCUT2D eigenvalue weighted by molar-refractivity contribution is 0.179. The fourth-order valence-electron chi connectivity index (χ4n) is 0.335. The number of hydrogen-bond donors (Lipinski definition) is 1. The first-order chi connectivity index (χ1) is 3.39. The smallest absolute Gasteiger partial charge is 0.0499 e. The van der Waals surface area contributed by atoms with Crippen LogP contribution in [0.3, 0.4) is 0 Å². The minimum Gasteiger partial charge on any atom is -0.291 e. The molecule has 0 radical (unpaired) electrons. The monoisotopic (exact) mass is 102 g/mol. The molecule has 0 unspecified atom stereocenters. The van der Waals surface area contributed by atoms with Gasteiger partial charge in [-0.05, 0) is 7.05 Å². The molecule has 7 heavy (non-hydrogen) atoms. The summed E-state index contributed by atoms with van der Waals surface area (Å²) in [4.78, 5) is 2.19. The van der Waals surface area contributed by atoms with E-state index in [4.69, 9.17) is 0 Å². The molecule has 1 N–H and O–H groups in total. The van der Waals surface area contributed by atoms with E-state index < -0.39 is 0 Å². The molecule has 1 aliphatic rings. The van der Waals surface area contributed by atoms with Crippen molar-refractivity contribution >= 4 is 0 Å². The summed E-state index contributed by atoms with van der Waals surface area (Å²) >= 11 is 0. The van der Waals surface area contributed by atoms with Gasteiger partial charge in [0.1, 0.15) is 0 Å². The lowest BCUT2D eigenvalue weighted by Crippen LogP contribution is -2.48. The topological polar surface area (TPSA) is 15.3 Å². The number of nitrogens with one attached hydrogen (secondary N) is 1. The number of rotatable bonds is 0. The van der Waals surface area contributed by atoms with Gasteiger partial charge in [-0.25, -0.2) is 0 Å². The zero-order valence-corrected chi connectivity index (χ0v) is 5.36. The Morgan fingerprint density at radius 1 is 1.29 bits per heavy atom. The Labute approximate surface area is 45.5 Å². The minimum absolute atomic E-state index is 1.07. The van der Waals surface area contributed by atoms with Gasteiger partial charge in [-0.1, -0.05) is 13.8 Å². The van der Waals surface area contributed by atoms with E-state index in [1.807, 2.05) is 13.8 Å². The van der Waals surface area contributed by atoms with Crippen molar-refractivity contribution in [3.05, 3.63) is 0 Å². The van der Waals surface area contributed by atoms with E-state index in [0.29, 0.717) is 0 Å². The van der Waals surface area contributed by atoms with Crippen LogP contribution in [0.2, 0.25) is 0 Å². The molecule has 1 heterocycles. The molecule has 0 spiro atoms. The Morgan fingerprint density at radius 3 is 1.57 bits per heavy atom. The minimum atomic E-state index is 1.07. The van der Waals surface area contributed by atoms with Crippen LogP contribution in [0.5, 0.6) is 0 Å². The van der Waals surface area contributed by atoms with Gasteiger partial charge in [-0.2, -0.15) is 0 Å². The van der Waals surface area contributed by atoms with E-state index in [-0.39, 0.29) is 0 Å². The van der Waals surface area contributed by atoms with Crippen LogP contribution in [-0.4, -0.2) is 25.3 Å². The highest BCUT2D eigenvalue weighted by molar-refractivity contribution is 4.54. The predicted molar refractivity (Wildman–Crippen MR) is 32.0 cm³/mol. The second kappa shape index (κ2) is 4.09. The maximum absolute atomic E-state index is 3.09. The third kappa shape index (κ3) is 2.60. The molecule has 0 amide bonds. The van der Waals surface area contributed by atoms with E-state index in [9.17, 15) is 0 Å². The highest BCUT2D eigenvalue weighted by Crippen LogP contribution is 1.81. The van der Waals surface area contributed by atoms with E-state index >= 15 is 0 Å². The summed E-state index contributed by atoms with van der Waals surface area (Å²) in [5, 5.41) is 3.09. The van der Waals surface area contributed by atoms with Crippen molar-refractivity contribution in [3.63, 3.8) is 0 Å². The molecule has 2 nitrogen and oxygen atoms in total. The molecule has 0 aliphatic carbocycles. The lowest BCUT2D eigenvalue weighted by atomic mass is 10.7. The van der Waals surface area contributed by atoms with Gasteiger partial charge in [0.2, 0.25) is 0 Å². The lowest BCUT2D eigenvalue weighted by Gasteiger charge is -2.26. The normalized spacial score (nSPS) is 19.3. The van der Waals surface area contributed by atoms with Gasteiger partial charge in [0, 0.05) is 13.3 Å². The molecule has 0 saturated carbocycles. The van der Waals surface area contributed by atoms with Crippen molar-refractivity contribution in [2.75, 3.05) is 20.4 Å². The molecule has 1 saturated heterocycles. The maximum Gasteiger partial charge on any atom is 0.0499 e. The number of hydrogen-bond acceptors (Lipinski definition) is 2. The molecule has 2 heteroatoms. The first-order valence-electron chi connectivity index (χ1n) is 2.79. The molecule has 1 aliphatic heterocycles. The van der Waals surface area contributed by atoms with Crippen molar-refractivity contribution in [1.29, 1.82) is 0 Å². The van der Waals surface area contributed by atoms with Gasteiger partial charge in [0.15, 0.2) is 0 Å². The fourth-order valence-corrected chi connectivity index (χ4v) is 0.335. The molecular weight excluding hydrogens is 88.1 g/mol. The van der Waals surface area contributed by atoms with Crippen LogP contribution in [0.25, 0.3) is 0 Å². The van der Waals surface area contributed by atoms with Crippen LogP contribution in [-0.2, 0) is 0 Å². The molecule has 0 atom stereocenters. The SMILES string of the molecule is CC.CN1CNC1. The van der Waals surface area contributed by atoms with Crippen molar-refractivity contribution in [1.82, 2.24) is 10.2 Å². The third-order valence-corrected chi connectivity index (χ3v) is 0.763. The van der Waals surface area contributed by atoms with Crippen LogP contribution in [0.1, 0.15) is 13.8 Å². The van der Waals surface area contributed by atoms with Crippen LogP contribution >= 0.6 is 0 Å². The first kappa shape index (κ1) is 6.92. The Bertz CT molecular complexity index is 33.1. The molecular formula is C5H14N2. The Morgan fingerprint density at radius 2 is 1.57 bits per heavy atom. The van der Waals surface area contributed by atoms with Gasteiger partial charge in [0.05, 0.1) is 0 Å². The quantitative estimate of drug-likeness (QED) is 0.478. The summed E-state index contributed by atoms with van der Waals surface area (Å²) in [7, 11) is 2.08. The molecule has 0 aromatic carbocycles. The van der Waals surface area contributed by atoms with Gasteiger partial charge in [-0.3, -0.25) is 10.2 Å². The zero-order chi connectivity index (χ0) is 5.70. The van der Waals surface area contributed by atoms with Gasteiger partial charge >= 0.3 is 0 Å². The third-order valence-electron chi connectivity index (χ3n) is 0.763. The largest absolute Gasteiger partial charge is 0.291 e. The van der Waals surface area contributed by atoms with E-state index in [0.717, 1.165) is 13.3 Å². The average Bonchev–Trinajstić information content (AvgIpc) is 1.68. The summed E-state index contributed by atoms with van der Waals surface area (Å²) in [6.45, 7) is 6.14. The Hall–Kier alpha value is -0.0800. The van der Waals surface area contributed by atoms with E-state index in [1.54, 1.807) is 0 Å². The van der Waals surface area contributed by atoms with Crippen molar-refractivity contribution in [2.24, 2.45) is 0 Å².